The number of nitrogen functional groups attached to an aromatic ring is 1. The lowest BCUT2D eigenvalue weighted by atomic mass is 10.0. The van der Waals surface area contributed by atoms with Crippen LogP contribution in [0.2, 0.25) is 0 Å². The first-order chi connectivity index (χ1) is 7.74. The number of aromatic nitrogens is 2. The van der Waals surface area contributed by atoms with E-state index in [-0.39, 0.29) is 11.4 Å². The van der Waals surface area contributed by atoms with Gasteiger partial charge in [0.1, 0.15) is 5.82 Å². The zero-order chi connectivity index (χ0) is 11.4. The summed E-state index contributed by atoms with van der Waals surface area (Å²) in [6, 6.07) is 1.29. The molecule has 6 heteroatoms. The van der Waals surface area contributed by atoms with Gasteiger partial charge in [-0.3, -0.25) is 4.79 Å². The maximum absolute atomic E-state index is 11.2. The number of hydrogen-bond acceptors (Lipinski definition) is 5. The number of ether oxygens (including phenoxy) is 1. The van der Waals surface area contributed by atoms with Crippen LogP contribution in [0.1, 0.15) is 12.8 Å². The average molecular weight is 241 g/mol. The molecule has 1 aliphatic rings. The molecule has 5 nitrogen and oxygen atoms in total. The summed E-state index contributed by atoms with van der Waals surface area (Å²) in [5.41, 5.74) is 5.31. The maximum Gasteiger partial charge on any atom is 0.253 e. The Morgan fingerprint density at radius 2 is 2.31 bits per heavy atom. The van der Waals surface area contributed by atoms with Crippen molar-refractivity contribution >= 4 is 17.6 Å². The molecule has 3 N–H and O–H groups in total. The first-order valence-corrected chi connectivity index (χ1v) is 6.30. The Hall–Kier alpha value is -1.01. The Balaban J connectivity index is 1.90. The Morgan fingerprint density at radius 1 is 1.56 bits per heavy atom. The van der Waals surface area contributed by atoms with E-state index in [9.17, 15) is 4.79 Å². The molecule has 1 aromatic rings. The minimum absolute atomic E-state index is 0.193. The Morgan fingerprint density at radius 3 is 3.00 bits per heavy atom. The molecular weight excluding hydrogens is 226 g/mol. The van der Waals surface area contributed by atoms with Gasteiger partial charge in [-0.05, 0) is 18.8 Å². The van der Waals surface area contributed by atoms with Crippen LogP contribution in [-0.4, -0.2) is 28.9 Å². The van der Waals surface area contributed by atoms with E-state index in [1.54, 1.807) is 11.8 Å². The summed E-state index contributed by atoms with van der Waals surface area (Å²) < 4.78 is 5.29. The third-order valence-corrected chi connectivity index (χ3v) is 3.64. The molecule has 2 rings (SSSR count). The SMILES string of the molecule is Nc1cc(=O)[nH]c(SCC2CCOCC2)n1. The summed E-state index contributed by atoms with van der Waals surface area (Å²) in [7, 11) is 0. The van der Waals surface area contributed by atoms with Crippen LogP contribution >= 0.6 is 11.8 Å². The Kier molecular flexibility index (Phi) is 3.84. The van der Waals surface area contributed by atoms with Crippen molar-refractivity contribution in [2.75, 3.05) is 24.7 Å². The van der Waals surface area contributed by atoms with E-state index in [2.05, 4.69) is 9.97 Å². The van der Waals surface area contributed by atoms with Crippen LogP contribution in [0.15, 0.2) is 16.0 Å². The highest BCUT2D eigenvalue weighted by atomic mass is 32.2. The fourth-order valence-electron chi connectivity index (χ4n) is 1.63. The van der Waals surface area contributed by atoms with Crippen LogP contribution in [0.25, 0.3) is 0 Å². The molecule has 88 valence electrons. The Labute approximate surface area is 97.8 Å². The van der Waals surface area contributed by atoms with Gasteiger partial charge in [0.25, 0.3) is 5.56 Å². The molecule has 0 aromatic carbocycles. The van der Waals surface area contributed by atoms with Crippen molar-refractivity contribution in [3.8, 4) is 0 Å². The predicted octanol–water partition coefficient (Wildman–Crippen LogP) is 0.871. The van der Waals surface area contributed by atoms with E-state index in [1.807, 2.05) is 0 Å². The van der Waals surface area contributed by atoms with Gasteiger partial charge >= 0.3 is 0 Å². The largest absolute Gasteiger partial charge is 0.383 e. The van der Waals surface area contributed by atoms with Crippen molar-refractivity contribution < 1.29 is 4.74 Å². The average Bonchev–Trinajstić information content (AvgIpc) is 2.27. The summed E-state index contributed by atoms with van der Waals surface area (Å²) in [5, 5.41) is 0.608. The Bertz CT molecular complexity index is 401. The normalized spacial score (nSPS) is 17.5. The van der Waals surface area contributed by atoms with Gasteiger partial charge in [-0.25, -0.2) is 4.98 Å². The molecule has 1 fully saturated rings. The fraction of sp³-hybridized carbons (Fsp3) is 0.600. The first kappa shape index (κ1) is 11.5. The summed E-state index contributed by atoms with van der Waals surface area (Å²) in [5.74, 6) is 1.87. The molecule has 0 atom stereocenters. The van der Waals surface area contributed by atoms with Gasteiger partial charge < -0.3 is 15.5 Å². The highest BCUT2D eigenvalue weighted by Crippen LogP contribution is 2.23. The standard InChI is InChI=1S/C10H15N3O2S/c11-8-5-9(14)13-10(12-8)16-6-7-1-3-15-4-2-7/h5,7H,1-4,6H2,(H3,11,12,13,14). The van der Waals surface area contributed by atoms with Crippen LogP contribution in [-0.2, 0) is 4.74 Å². The number of hydrogen-bond donors (Lipinski definition) is 2. The van der Waals surface area contributed by atoms with E-state index < -0.39 is 0 Å². The van der Waals surface area contributed by atoms with Crippen LogP contribution < -0.4 is 11.3 Å². The van der Waals surface area contributed by atoms with Crippen molar-refractivity contribution in [2.45, 2.75) is 18.0 Å². The number of anilines is 1. The molecule has 1 saturated heterocycles. The van der Waals surface area contributed by atoms with Crippen molar-refractivity contribution in [3.63, 3.8) is 0 Å². The summed E-state index contributed by atoms with van der Waals surface area (Å²) in [4.78, 5) is 17.9. The van der Waals surface area contributed by atoms with Crippen molar-refractivity contribution in [2.24, 2.45) is 5.92 Å². The summed E-state index contributed by atoms with van der Waals surface area (Å²) in [6.45, 7) is 1.68. The van der Waals surface area contributed by atoms with Gasteiger partial charge in [-0.2, -0.15) is 0 Å². The van der Waals surface area contributed by atoms with Gasteiger partial charge in [-0.1, -0.05) is 11.8 Å². The van der Waals surface area contributed by atoms with Crippen LogP contribution in [0.4, 0.5) is 5.82 Å². The molecule has 0 saturated carbocycles. The molecule has 16 heavy (non-hydrogen) atoms. The smallest absolute Gasteiger partial charge is 0.253 e. The second-order valence-electron chi connectivity index (χ2n) is 3.84. The van der Waals surface area contributed by atoms with E-state index in [1.165, 1.54) is 6.07 Å². The lowest BCUT2D eigenvalue weighted by Crippen LogP contribution is -2.18. The van der Waals surface area contributed by atoms with Crippen LogP contribution in [0, 0.1) is 5.92 Å². The fourth-order valence-corrected chi connectivity index (χ4v) is 2.70. The van der Waals surface area contributed by atoms with Gasteiger partial charge in [-0.15, -0.1) is 0 Å². The molecule has 0 amide bonds. The molecular formula is C10H15N3O2S. The number of aromatic amines is 1. The first-order valence-electron chi connectivity index (χ1n) is 5.31. The van der Waals surface area contributed by atoms with E-state index in [0.717, 1.165) is 31.8 Å². The summed E-state index contributed by atoms with van der Waals surface area (Å²) in [6.07, 6.45) is 2.17. The monoisotopic (exact) mass is 241 g/mol. The molecule has 0 aliphatic carbocycles. The van der Waals surface area contributed by atoms with Gasteiger partial charge in [0.05, 0.1) is 0 Å². The molecule has 1 aromatic heterocycles. The third kappa shape index (κ3) is 3.24. The minimum Gasteiger partial charge on any atom is -0.383 e. The second-order valence-corrected chi connectivity index (χ2v) is 4.85. The minimum atomic E-state index is -0.193. The lowest BCUT2D eigenvalue weighted by molar-refractivity contribution is 0.0728. The quantitative estimate of drug-likeness (QED) is 0.606. The van der Waals surface area contributed by atoms with Gasteiger partial charge in [0, 0.05) is 25.0 Å². The van der Waals surface area contributed by atoms with Gasteiger partial charge in [0.15, 0.2) is 5.16 Å². The number of nitrogens with zero attached hydrogens (tertiary/aromatic N) is 1. The topological polar surface area (TPSA) is 81.0 Å². The highest BCUT2D eigenvalue weighted by molar-refractivity contribution is 7.99. The number of H-pyrrole nitrogens is 1. The maximum atomic E-state index is 11.2. The van der Waals surface area contributed by atoms with Crippen LogP contribution in [0.3, 0.4) is 0 Å². The molecule has 0 bridgehead atoms. The van der Waals surface area contributed by atoms with E-state index >= 15 is 0 Å². The summed E-state index contributed by atoms with van der Waals surface area (Å²) >= 11 is 1.55. The number of thioether (sulfide) groups is 1. The van der Waals surface area contributed by atoms with Crippen molar-refractivity contribution in [3.05, 3.63) is 16.4 Å². The predicted molar refractivity (Wildman–Crippen MR) is 63.5 cm³/mol. The van der Waals surface area contributed by atoms with Crippen LogP contribution in [0.5, 0.6) is 0 Å². The lowest BCUT2D eigenvalue weighted by Gasteiger charge is -2.21. The number of nitrogens with one attached hydrogen (secondary N) is 1. The highest BCUT2D eigenvalue weighted by Gasteiger charge is 2.14. The number of rotatable bonds is 3. The molecule has 0 unspecified atom stereocenters. The molecule has 1 aliphatic heterocycles. The number of nitrogens with two attached hydrogens (primary N) is 1. The second kappa shape index (κ2) is 5.36. The molecule has 2 heterocycles. The zero-order valence-corrected chi connectivity index (χ0v) is 9.76. The zero-order valence-electron chi connectivity index (χ0n) is 8.94. The van der Waals surface area contributed by atoms with Crippen molar-refractivity contribution in [1.29, 1.82) is 0 Å². The molecule has 0 radical (unpaired) electrons. The molecule has 0 spiro atoms. The van der Waals surface area contributed by atoms with E-state index in [0.29, 0.717) is 11.1 Å². The van der Waals surface area contributed by atoms with E-state index in [4.69, 9.17) is 10.5 Å². The van der Waals surface area contributed by atoms with Crippen molar-refractivity contribution in [1.82, 2.24) is 9.97 Å². The van der Waals surface area contributed by atoms with Gasteiger partial charge in [0.2, 0.25) is 0 Å². The third-order valence-electron chi connectivity index (χ3n) is 2.54.